The molecule has 4 rings (SSSR count). The van der Waals surface area contributed by atoms with Crippen LogP contribution in [-0.2, 0) is 6.42 Å². The van der Waals surface area contributed by atoms with Gasteiger partial charge in [0.2, 0.25) is 0 Å². The van der Waals surface area contributed by atoms with Gasteiger partial charge in [-0.15, -0.1) is 0 Å². The maximum atomic E-state index is 2.69. The Labute approximate surface area is 202 Å². The molecule has 4 heteroatoms. The van der Waals surface area contributed by atoms with Crippen LogP contribution >= 0.6 is 23.1 Å². The van der Waals surface area contributed by atoms with Crippen LogP contribution in [-0.4, -0.2) is 39.5 Å². The van der Waals surface area contributed by atoms with Crippen LogP contribution in [0.1, 0.15) is 74.5 Å². The van der Waals surface area contributed by atoms with Crippen molar-refractivity contribution in [2.75, 3.05) is 0 Å². The number of thiophene rings is 1. The Kier molecular flexibility index (Phi) is 7.05. The van der Waals surface area contributed by atoms with Gasteiger partial charge >= 0.3 is 204 Å². The van der Waals surface area contributed by atoms with E-state index in [4.69, 9.17) is 0 Å². The normalized spacial score (nSPS) is 23.1. The molecule has 0 N–H and O–H groups in total. The van der Waals surface area contributed by atoms with Crippen molar-refractivity contribution in [2.45, 2.75) is 108 Å². The Morgan fingerprint density at radius 1 is 1.00 bits per heavy atom. The first kappa shape index (κ1) is 24.3. The number of rotatable bonds is 9. The maximum absolute atomic E-state index is 2.69. The minimum absolute atomic E-state index is 0.674. The number of hydrogen-bond donors (Lipinski definition) is 0. The van der Waals surface area contributed by atoms with Gasteiger partial charge in [0.05, 0.1) is 0 Å². The first-order valence-electron chi connectivity index (χ1n) is 12.3. The van der Waals surface area contributed by atoms with Gasteiger partial charge in [-0.05, 0) is 0 Å². The molecule has 2 heterocycles. The van der Waals surface area contributed by atoms with Crippen molar-refractivity contribution >= 4 is 72.8 Å². The fourth-order valence-electron chi connectivity index (χ4n) is 5.56. The third kappa shape index (κ3) is 4.19. The molecule has 0 saturated heterocycles. The van der Waals surface area contributed by atoms with Crippen molar-refractivity contribution in [2.24, 2.45) is 0 Å². The molecule has 1 aliphatic carbocycles. The van der Waals surface area contributed by atoms with E-state index >= 15 is 0 Å². The van der Waals surface area contributed by atoms with Gasteiger partial charge in [0, 0.05) is 0 Å². The van der Waals surface area contributed by atoms with Crippen LogP contribution in [0.15, 0.2) is 11.0 Å². The van der Waals surface area contributed by atoms with Crippen molar-refractivity contribution in [3.63, 3.8) is 0 Å². The monoisotopic (exact) mass is 658 g/mol. The quantitative estimate of drug-likeness (QED) is 0.192. The van der Waals surface area contributed by atoms with E-state index < -0.39 is 36.8 Å². The number of aryl methyl sites for hydroxylation is 2. The van der Waals surface area contributed by atoms with Gasteiger partial charge in [-0.1, -0.05) is 0 Å². The van der Waals surface area contributed by atoms with Crippen molar-refractivity contribution in [1.82, 2.24) is 0 Å². The SMILES string of the molecule is CCCCCCCCc1c2c(c(C)c3s[c]([Sn]([CH3])([CH3])[CH3])cc13)C1C[C]1([Sn]([CH3])([CH3])[CH3])S2. The van der Waals surface area contributed by atoms with Crippen LogP contribution in [0.3, 0.4) is 0 Å². The summed E-state index contributed by atoms with van der Waals surface area (Å²) in [7, 11) is 0. The summed E-state index contributed by atoms with van der Waals surface area (Å²) in [6, 6.07) is 2.67. The zero-order valence-electron chi connectivity index (χ0n) is 20.6. The molecule has 2 atom stereocenters. The second-order valence-corrected chi connectivity index (χ2v) is 46.2. The van der Waals surface area contributed by atoms with E-state index in [1.54, 1.807) is 29.0 Å². The summed E-state index contributed by atoms with van der Waals surface area (Å²) in [6.45, 7) is 4.79. The second-order valence-electron chi connectivity index (χ2n) is 12.0. The third-order valence-electron chi connectivity index (χ3n) is 7.65. The molecule has 1 aromatic heterocycles. The Balaban J connectivity index is 1.73. The molecular formula is C26H42S2Sn2. The van der Waals surface area contributed by atoms with Crippen LogP contribution in [0.2, 0.25) is 29.6 Å². The molecule has 166 valence electrons. The summed E-state index contributed by atoms with van der Waals surface area (Å²) in [4.78, 5) is 17.6. The molecule has 0 radical (unpaired) electrons. The fraction of sp³-hybridized carbons (Fsp3) is 0.692. The van der Waals surface area contributed by atoms with E-state index in [2.05, 4.69) is 72.7 Å². The molecule has 1 aliphatic heterocycles. The summed E-state index contributed by atoms with van der Waals surface area (Å²) in [5.41, 5.74) is 5.26. The molecule has 1 fully saturated rings. The van der Waals surface area contributed by atoms with E-state index in [-0.39, 0.29) is 0 Å². The topological polar surface area (TPSA) is 0 Å². The number of unbranched alkanes of at least 4 members (excludes halogenated alkanes) is 5. The van der Waals surface area contributed by atoms with E-state index in [9.17, 15) is 0 Å². The standard InChI is InChI=1S/C20H24S2.6CH3.2Sn/c1-3-4-5-6-7-8-9-14-15-10-11-21-19(15)13(2)18-16-12-17(16)22-20(14)18;;;;;;;;/h10,16H,3-9,12H2,1-2H3;6*1H3;;. The number of hydrogen-bond acceptors (Lipinski definition) is 2. The number of fused-ring (bicyclic) bond motifs is 4. The van der Waals surface area contributed by atoms with Gasteiger partial charge in [0.1, 0.15) is 0 Å². The number of benzene rings is 1. The van der Waals surface area contributed by atoms with Gasteiger partial charge in [0.15, 0.2) is 0 Å². The van der Waals surface area contributed by atoms with Gasteiger partial charge in [0.25, 0.3) is 0 Å². The van der Waals surface area contributed by atoms with Crippen LogP contribution in [0.25, 0.3) is 10.1 Å². The van der Waals surface area contributed by atoms with E-state index in [0.717, 1.165) is 5.92 Å². The molecule has 1 saturated carbocycles. The predicted octanol–water partition coefficient (Wildman–Crippen LogP) is 8.87. The van der Waals surface area contributed by atoms with Crippen molar-refractivity contribution in [3.8, 4) is 0 Å². The molecule has 2 aromatic rings. The van der Waals surface area contributed by atoms with E-state index in [0.29, 0.717) is 2.76 Å². The zero-order valence-corrected chi connectivity index (χ0v) is 28.0. The van der Waals surface area contributed by atoms with E-state index in [1.165, 1.54) is 51.4 Å². The van der Waals surface area contributed by atoms with E-state index in [1.807, 2.05) is 5.56 Å². The molecular weight excluding hydrogens is 614 g/mol. The first-order valence-corrected chi connectivity index (χ1v) is 33.9. The van der Waals surface area contributed by atoms with Crippen LogP contribution in [0.5, 0.6) is 0 Å². The molecule has 0 amide bonds. The first-order chi connectivity index (χ1) is 14.0. The zero-order chi connectivity index (χ0) is 21.9. The van der Waals surface area contributed by atoms with Crippen molar-refractivity contribution in [3.05, 3.63) is 22.8 Å². The second kappa shape index (κ2) is 8.72. The van der Waals surface area contributed by atoms with Crippen LogP contribution in [0, 0.1) is 6.92 Å². The predicted molar refractivity (Wildman–Crippen MR) is 146 cm³/mol. The molecule has 0 spiro atoms. The molecule has 2 unspecified atom stereocenters. The summed E-state index contributed by atoms with van der Waals surface area (Å²) < 4.78 is 4.12. The molecule has 30 heavy (non-hydrogen) atoms. The summed E-state index contributed by atoms with van der Waals surface area (Å²) in [5.74, 6) is 0.893. The molecule has 2 aliphatic rings. The molecule has 0 nitrogen and oxygen atoms in total. The van der Waals surface area contributed by atoms with Gasteiger partial charge in [-0.25, -0.2) is 0 Å². The Bertz CT molecular complexity index is 945. The average Bonchev–Trinajstić information content (AvgIpc) is 3.05. The average molecular weight is 656 g/mol. The van der Waals surface area contributed by atoms with Crippen molar-refractivity contribution in [1.29, 1.82) is 0 Å². The third-order valence-corrected chi connectivity index (χ3v) is 33.6. The van der Waals surface area contributed by atoms with Crippen LogP contribution < -0.4 is 2.89 Å². The summed E-state index contributed by atoms with van der Waals surface area (Å²) in [6.07, 6.45) is 11.2. The minimum atomic E-state index is -2.05. The van der Waals surface area contributed by atoms with Crippen LogP contribution in [0.4, 0.5) is 0 Å². The Morgan fingerprint density at radius 3 is 2.30 bits per heavy atom. The summed E-state index contributed by atoms with van der Waals surface area (Å²) in [5, 5.41) is 1.67. The van der Waals surface area contributed by atoms with Gasteiger partial charge in [-0.2, -0.15) is 0 Å². The fourth-order valence-corrected chi connectivity index (χ4v) is 23.1. The van der Waals surface area contributed by atoms with Gasteiger partial charge < -0.3 is 0 Å². The Morgan fingerprint density at radius 2 is 1.67 bits per heavy atom. The molecule has 1 aromatic carbocycles. The van der Waals surface area contributed by atoms with Crippen molar-refractivity contribution < 1.29 is 0 Å². The van der Waals surface area contributed by atoms with Gasteiger partial charge in [-0.3, -0.25) is 0 Å². The molecule has 0 bridgehead atoms. The Hall–Kier alpha value is 1.13. The number of thioether (sulfide) groups is 1. The summed E-state index contributed by atoms with van der Waals surface area (Å²) >= 11 is 0.525.